The number of benzene rings is 1. The lowest BCUT2D eigenvalue weighted by molar-refractivity contribution is -0.131. The van der Waals surface area contributed by atoms with Gasteiger partial charge in [-0.25, -0.2) is 9.48 Å². The van der Waals surface area contributed by atoms with Gasteiger partial charge in [0.25, 0.3) is 0 Å². The van der Waals surface area contributed by atoms with Crippen LogP contribution in [0.25, 0.3) is 22.8 Å². The molecule has 1 N–H and O–H groups in total. The molecule has 22 heavy (non-hydrogen) atoms. The summed E-state index contributed by atoms with van der Waals surface area (Å²) in [5.74, 6) is -0.241. The highest BCUT2D eigenvalue weighted by Gasteiger charge is 2.17. The van der Waals surface area contributed by atoms with E-state index >= 15 is 0 Å². The highest BCUT2D eigenvalue weighted by Crippen LogP contribution is 2.25. The maximum Gasteiger partial charge on any atom is 0.328 e. The third kappa shape index (κ3) is 2.18. The van der Waals surface area contributed by atoms with Crippen LogP contribution in [-0.2, 0) is 11.8 Å². The van der Waals surface area contributed by atoms with E-state index in [1.165, 1.54) is 0 Å². The molecule has 2 heterocycles. The summed E-state index contributed by atoms with van der Waals surface area (Å²) in [6, 6.07) is 7.93. The van der Waals surface area contributed by atoms with Gasteiger partial charge >= 0.3 is 5.97 Å². The van der Waals surface area contributed by atoms with Crippen LogP contribution in [0.3, 0.4) is 0 Å². The molecule has 0 spiro atoms. The molecule has 0 aliphatic rings. The Labute approximate surface area is 127 Å². The summed E-state index contributed by atoms with van der Waals surface area (Å²) < 4.78 is 3.53. The summed E-state index contributed by atoms with van der Waals surface area (Å²) in [6.45, 7) is 3.80. The van der Waals surface area contributed by atoms with Gasteiger partial charge in [0.15, 0.2) is 5.82 Å². The molecule has 6 nitrogen and oxygen atoms in total. The summed E-state index contributed by atoms with van der Waals surface area (Å²) >= 11 is 0. The lowest BCUT2D eigenvalue weighted by Gasteiger charge is -2.05. The Morgan fingerprint density at radius 1 is 1.18 bits per heavy atom. The predicted octanol–water partition coefficient (Wildman–Crippen LogP) is 2.47. The average Bonchev–Trinajstić information content (AvgIpc) is 2.94. The molecule has 0 unspecified atom stereocenters. The normalized spacial score (nSPS) is 11.6. The monoisotopic (exact) mass is 296 g/mol. The number of fused-ring (bicyclic) bond motifs is 1. The Morgan fingerprint density at radius 3 is 2.64 bits per heavy atom. The molecule has 0 fully saturated rings. The van der Waals surface area contributed by atoms with Gasteiger partial charge in [0.05, 0.1) is 16.9 Å². The van der Waals surface area contributed by atoms with Gasteiger partial charge in [-0.3, -0.25) is 4.68 Å². The van der Waals surface area contributed by atoms with Crippen LogP contribution in [0, 0.1) is 13.8 Å². The van der Waals surface area contributed by atoms with Gasteiger partial charge in [0.1, 0.15) is 0 Å². The first-order chi connectivity index (χ1) is 10.5. The molecule has 0 radical (unpaired) electrons. The first-order valence-electron chi connectivity index (χ1n) is 6.88. The summed E-state index contributed by atoms with van der Waals surface area (Å²) in [5, 5.41) is 18.9. The summed E-state index contributed by atoms with van der Waals surface area (Å²) in [5.41, 5.74) is 3.39. The number of carboxylic acids is 1. The minimum atomic E-state index is -0.990. The Bertz CT molecular complexity index is 902. The summed E-state index contributed by atoms with van der Waals surface area (Å²) in [4.78, 5) is 10.8. The lowest BCUT2D eigenvalue weighted by Crippen LogP contribution is -2.06. The molecule has 112 valence electrons. The minimum Gasteiger partial charge on any atom is -0.478 e. The van der Waals surface area contributed by atoms with Gasteiger partial charge < -0.3 is 5.11 Å². The van der Waals surface area contributed by atoms with E-state index in [9.17, 15) is 4.79 Å². The van der Waals surface area contributed by atoms with Crippen molar-refractivity contribution >= 4 is 22.9 Å². The molecular weight excluding hydrogens is 280 g/mol. The number of carbonyl (C=O) groups is 1. The van der Waals surface area contributed by atoms with Crippen molar-refractivity contribution in [2.75, 3.05) is 0 Å². The first-order valence-corrected chi connectivity index (χ1v) is 6.88. The molecular formula is C16H16N4O2. The van der Waals surface area contributed by atoms with Gasteiger partial charge in [0.2, 0.25) is 0 Å². The second kappa shape index (κ2) is 5.14. The molecule has 0 saturated carbocycles. The largest absolute Gasteiger partial charge is 0.478 e. The Kier molecular flexibility index (Phi) is 3.29. The fourth-order valence-electron chi connectivity index (χ4n) is 2.65. The number of nitrogens with zero attached hydrogens (tertiary/aromatic N) is 4. The number of para-hydroxylation sites is 1. The van der Waals surface area contributed by atoms with Crippen molar-refractivity contribution in [3.05, 3.63) is 47.3 Å². The zero-order chi connectivity index (χ0) is 15.9. The van der Waals surface area contributed by atoms with Crippen LogP contribution in [0.2, 0.25) is 0 Å². The third-order valence-electron chi connectivity index (χ3n) is 3.60. The second-order valence-electron chi connectivity index (χ2n) is 5.13. The number of aromatic nitrogens is 4. The number of hydrogen-bond donors (Lipinski definition) is 1. The molecule has 3 aromatic rings. The number of carboxylic acid groups (broad SMARTS) is 1. The maximum absolute atomic E-state index is 10.8. The van der Waals surface area contributed by atoms with Crippen LogP contribution in [-0.4, -0.2) is 30.6 Å². The molecule has 0 saturated heterocycles. The van der Waals surface area contributed by atoms with Crippen LogP contribution in [0.15, 0.2) is 30.3 Å². The number of aryl methyl sites for hydroxylation is 3. The van der Waals surface area contributed by atoms with E-state index in [0.717, 1.165) is 39.7 Å². The first kappa shape index (κ1) is 14.1. The molecule has 0 bridgehead atoms. The van der Waals surface area contributed by atoms with E-state index in [2.05, 4.69) is 10.2 Å². The molecule has 2 aromatic heterocycles. The zero-order valence-corrected chi connectivity index (χ0v) is 12.6. The van der Waals surface area contributed by atoms with Gasteiger partial charge in [-0.1, -0.05) is 18.2 Å². The van der Waals surface area contributed by atoms with E-state index < -0.39 is 5.97 Å². The quantitative estimate of drug-likeness (QED) is 0.754. The second-order valence-corrected chi connectivity index (χ2v) is 5.13. The summed E-state index contributed by atoms with van der Waals surface area (Å²) in [6.07, 6.45) is 2.68. The van der Waals surface area contributed by atoms with Gasteiger partial charge in [-0.2, -0.15) is 10.2 Å². The molecule has 0 aliphatic carbocycles. The van der Waals surface area contributed by atoms with Crippen molar-refractivity contribution in [2.45, 2.75) is 13.8 Å². The molecule has 0 atom stereocenters. The fourth-order valence-corrected chi connectivity index (χ4v) is 2.65. The summed E-state index contributed by atoms with van der Waals surface area (Å²) in [7, 11) is 1.83. The average molecular weight is 296 g/mol. The number of aliphatic carboxylic acids is 1. The standard InChI is InChI=1S/C16H16N4O2/c1-10-12-6-4-5-7-14(12)20(18-10)16-13(8-9-15(21)22)11(2)17-19(16)3/h4-9H,1-3H3,(H,21,22). The van der Waals surface area contributed by atoms with E-state index in [1.807, 2.05) is 49.8 Å². The zero-order valence-electron chi connectivity index (χ0n) is 12.6. The van der Waals surface area contributed by atoms with Crippen LogP contribution >= 0.6 is 0 Å². The van der Waals surface area contributed by atoms with Crippen molar-refractivity contribution in [1.82, 2.24) is 19.6 Å². The predicted molar refractivity (Wildman–Crippen MR) is 84.0 cm³/mol. The van der Waals surface area contributed by atoms with E-state index in [0.29, 0.717) is 0 Å². The Balaban J connectivity index is 2.29. The highest BCUT2D eigenvalue weighted by atomic mass is 16.4. The molecule has 1 aromatic carbocycles. The third-order valence-corrected chi connectivity index (χ3v) is 3.60. The van der Waals surface area contributed by atoms with Gasteiger partial charge in [-0.05, 0) is 26.0 Å². The van der Waals surface area contributed by atoms with Crippen molar-refractivity contribution in [3.63, 3.8) is 0 Å². The lowest BCUT2D eigenvalue weighted by atomic mass is 10.2. The van der Waals surface area contributed by atoms with Crippen molar-refractivity contribution < 1.29 is 9.90 Å². The number of rotatable bonds is 3. The highest BCUT2D eigenvalue weighted by molar-refractivity contribution is 5.87. The van der Waals surface area contributed by atoms with Crippen molar-refractivity contribution in [2.24, 2.45) is 7.05 Å². The van der Waals surface area contributed by atoms with Crippen LogP contribution < -0.4 is 0 Å². The molecule has 6 heteroatoms. The Hall–Kier alpha value is -2.89. The molecule has 3 rings (SSSR count). The fraction of sp³-hybridized carbons (Fsp3) is 0.188. The van der Waals surface area contributed by atoms with Crippen molar-refractivity contribution in [1.29, 1.82) is 0 Å². The number of hydrogen-bond acceptors (Lipinski definition) is 3. The van der Waals surface area contributed by atoms with Gasteiger partial charge in [-0.15, -0.1) is 0 Å². The minimum absolute atomic E-state index is 0.748. The smallest absolute Gasteiger partial charge is 0.328 e. The van der Waals surface area contributed by atoms with Crippen molar-refractivity contribution in [3.8, 4) is 5.82 Å². The molecule has 0 amide bonds. The maximum atomic E-state index is 10.8. The van der Waals surface area contributed by atoms with Gasteiger partial charge in [0, 0.05) is 24.1 Å². The van der Waals surface area contributed by atoms with E-state index in [1.54, 1.807) is 10.8 Å². The SMILES string of the molecule is Cc1nn(C)c(-n2nc(C)c3ccccc32)c1C=CC(=O)O. The van der Waals surface area contributed by atoms with Crippen LogP contribution in [0.1, 0.15) is 17.0 Å². The topological polar surface area (TPSA) is 72.9 Å². The Morgan fingerprint density at radius 2 is 1.91 bits per heavy atom. The molecule has 0 aliphatic heterocycles. The van der Waals surface area contributed by atoms with E-state index in [-0.39, 0.29) is 0 Å². The van der Waals surface area contributed by atoms with E-state index in [4.69, 9.17) is 5.11 Å². The van der Waals surface area contributed by atoms with Crippen LogP contribution in [0.4, 0.5) is 0 Å². The van der Waals surface area contributed by atoms with Crippen LogP contribution in [0.5, 0.6) is 0 Å².